The van der Waals surface area contributed by atoms with Crippen LogP contribution in [0.25, 0.3) is 0 Å². The first kappa shape index (κ1) is 13.5. The Bertz CT molecular complexity index is 382. The van der Waals surface area contributed by atoms with Crippen molar-refractivity contribution in [3.8, 4) is 0 Å². The van der Waals surface area contributed by atoms with Gasteiger partial charge in [-0.1, -0.05) is 0 Å². The molecule has 5 heteroatoms. The van der Waals surface area contributed by atoms with Crippen molar-refractivity contribution >= 4 is 5.97 Å². The highest BCUT2D eigenvalue weighted by Crippen LogP contribution is 2.15. The van der Waals surface area contributed by atoms with Gasteiger partial charge in [-0.25, -0.2) is 13.2 Å². The number of benzene rings is 1. The van der Waals surface area contributed by atoms with Crippen LogP contribution in [0.4, 0.5) is 13.2 Å². The molecule has 94 valence electrons. The van der Waals surface area contributed by atoms with Crippen LogP contribution in [0.3, 0.4) is 0 Å². The smallest absolute Gasteiger partial charge is 0.302 e. The van der Waals surface area contributed by atoms with E-state index in [9.17, 15) is 18.0 Å². The maximum atomic E-state index is 12.8. The molecule has 0 aromatic heterocycles. The predicted molar refractivity (Wildman–Crippen MR) is 55.9 cm³/mol. The third-order valence-corrected chi connectivity index (χ3v) is 2.21. The highest BCUT2D eigenvalue weighted by atomic mass is 19.2. The first-order chi connectivity index (χ1) is 8.00. The van der Waals surface area contributed by atoms with Gasteiger partial charge < -0.3 is 4.74 Å². The summed E-state index contributed by atoms with van der Waals surface area (Å²) in [6, 6.07) is 1.95. The summed E-state index contributed by atoms with van der Waals surface area (Å²) in [6.07, 6.45) is 1.62. The third kappa shape index (κ3) is 4.46. The minimum absolute atomic E-state index is 0.279. The normalized spacial score (nSPS) is 10.4. The summed E-state index contributed by atoms with van der Waals surface area (Å²) in [5.74, 6) is -4.17. The van der Waals surface area contributed by atoms with Crippen molar-refractivity contribution in [3.05, 3.63) is 35.1 Å². The van der Waals surface area contributed by atoms with E-state index < -0.39 is 17.5 Å². The fourth-order valence-corrected chi connectivity index (χ4v) is 1.40. The van der Waals surface area contributed by atoms with Crippen molar-refractivity contribution in [3.63, 3.8) is 0 Å². The quantitative estimate of drug-likeness (QED) is 0.453. The maximum absolute atomic E-state index is 12.8. The van der Waals surface area contributed by atoms with Crippen LogP contribution < -0.4 is 0 Å². The number of carbonyl (C=O) groups excluding carboxylic acids is 1. The van der Waals surface area contributed by atoms with Gasteiger partial charge in [-0.05, 0) is 37.0 Å². The molecule has 0 bridgehead atoms. The van der Waals surface area contributed by atoms with Gasteiger partial charge in [0.15, 0.2) is 17.5 Å². The molecule has 0 saturated heterocycles. The van der Waals surface area contributed by atoms with E-state index in [2.05, 4.69) is 0 Å². The zero-order chi connectivity index (χ0) is 12.8. The van der Waals surface area contributed by atoms with Crippen molar-refractivity contribution in [1.29, 1.82) is 0 Å². The molecule has 1 aromatic carbocycles. The number of aryl methyl sites for hydroxylation is 1. The molecule has 0 saturated carbocycles. The number of rotatable bonds is 5. The summed E-state index contributed by atoms with van der Waals surface area (Å²) < 4.78 is 43.0. The molecule has 0 unspecified atom stereocenters. The fraction of sp³-hybridized carbons (Fsp3) is 0.417. The highest BCUT2D eigenvalue weighted by molar-refractivity contribution is 5.65. The zero-order valence-corrected chi connectivity index (χ0v) is 9.43. The molecule has 0 atom stereocenters. The van der Waals surface area contributed by atoms with Gasteiger partial charge >= 0.3 is 5.97 Å². The standard InChI is InChI=1S/C12H13F3O2/c1-8(16)17-5-3-2-4-9-6-10(13)12(15)11(14)7-9/h6-7H,2-5H2,1H3. The molecular weight excluding hydrogens is 233 g/mol. The second-order valence-corrected chi connectivity index (χ2v) is 3.67. The Morgan fingerprint density at radius 2 is 1.76 bits per heavy atom. The molecule has 0 fully saturated rings. The minimum Gasteiger partial charge on any atom is -0.466 e. The first-order valence-electron chi connectivity index (χ1n) is 5.27. The molecule has 0 radical (unpaired) electrons. The van der Waals surface area contributed by atoms with Crippen LogP contribution in [-0.2, 0) is 16.0 Å². The van der Waals surface area contributed by atoms with E-state index in [4.69, 9.17) is 4.74 Å². The van der Waals surface area contributed by atoms with Crippen LogP contribution in [0.2, 0.25) is 0 Å². The highest BCUT2D eigenvalue weighted by Gasteiger charge is 2.10. The molecule has 2 nitrogen and oxygen atoms in total. The number of halogens is 3. The summed E-state index contributed by atoms with van der Waals surface area (Å²) >= 11 is 0. The van der Waals surface area contributed by atoms with E-state index >= 15 is 0 Å². The molecule has 1 rings (SSSR count). The lowest BCUT2D eigenvalue weighted by Crippen LogP contribution is -2.01. The first-order valence-corrected chi connectivity index (χ1v) is 5.27. The van der Waals surface area contributed by atoms with Crippen LogP contribution in [0, 0.1) is 17.5 Å². The number of hydrogen-bond acceptors (Lipinski definition) is 2. The summed E-state index contributed by atoms with van der Waals surface area (Å²) in [5.41, 5.74) is 0.393. The second-order valence-electron chi connectivity index (χ2n) is 3.67. The molecule has 0 aliphatic heterocycles. The van der Waals surface area contributed by atoms with Gasteiger partial charge in [0, 0.05) is 6.92 Å². The van der Waals surface area contributed by atoms with E-state index in [0.717, 1.165) is 12.1 Å². The van der Waals surface area contributed by atoms with Gasteiger partial charge in [-0.2, -0.15) is 0 Å². The van der Waals surface area contributed by atoms with Crippen LogP contribution in [0.1, 0.15) is 25.3 Å². The van der Waals surface area contributed by atoms with Crippen molar-refractivity contribution in [2.45, 2.75) is 26.2 Å². The van der Waals surface area contributed by atoms with Crippen LogP contribution in [-0.4, -0.2) is 12.6 Å². The van der Waals surface area contributed by atoms with Gasteiger partial charge in [0.25, 0.3) is 0 Å². The number of carbonyl (C=O) groups is 1. The van der Waals surface area contributed by atoms with E-state index in [0.29, 0.717) is 24.8 Å². The summed E-state index contributed by atoms with van der Waals surface area (Å²) in [4.78, 5) is 10.4. The van der Waals surface area contributed by atoms with Gasteiger partial charge in [-0.3, -0.25) is 4.79 Å². The molecule has 0 heterocycles. The molecule has 0 spiro atoms. The SMILES string of the molecule is CC(=O)OCCCCc1cc(F)c(F)c(F)c1. The molecule has 0 aliphatic carbocycles. The van der Waals surface area contributed by atoms with Gasteiger partial charge in [0.1, 0.15) is 0 Å². The average molecular weight is 246 g/mol. The fourth-order valence-electron chi connectivity index (χ4n) is 1.40. The lowest BCUT2D eigenvalue weighted by molar-refractivity contribution is -0.141. The van der Waals surface area contributed by atoms with Crippen molar-refractivity contribution in [2.75, 3.05) is 6.61 Å². The van der Waals surface area contributed by atoms with Crippen molar-refractivity contribution < 1.29 is 22.7 Å². The molecule has 1 aromatic rings. The largest absolute Gasteiger partial charge is 0.466 e. The number of unbranched alkanes of at least 4 members (excludes halogenated alkanes) is 1. The molecule has 0 aliphatic rings. The summed E-state index contributed by atoms with van der Waals surface area (Å²) in [7, 11) is 0. The molecule has 17 heavy (non-hydrogen) atoms. The van der Waals surface area contributed by atoms with Crippen LogP contribution in [0.15, 0.2) is 12.1 Å². The van der Waals surface area contributed by atoms with Crippen molar-refractivity contribution in [1.82, 2.24) is 0 Å². The minimum atomic E-state index is -1.45. The zero-order valence-electron chi connectivity index (χ0n) is 9.43. The Morgan fingerprint density at radius 3 is 2.29 bits per heavy atom. The Labute approximate surface area is 97.4 Å². The monoisotopic (exact) mass is 246 g/mol. The Morgan fingerprint density at radius 1 is 1.18 bits per heavy atom. The van der Waals surface area contributed by atoms with Gasteiger partial charge in [0.05, 0.1) is 6.61 Å². The van der Waals surface area contributed by atoms with E-state index in [-0.39, 0.29) is 12.6 Å². The second kappa shape index (κ2) is 6.27. The van der Waals surface area contributed by atoms with Gasteiger partial charge in [0.2, 0.25) is 0 Å². The summed E-state index contributed by atoms with van der Waals surface area (Å²) in [6.45, 7) is 1.59. The molecule has 0 N–H and O–H groups in total. The molecule has 0 amide bonds. The number of ether oxygens (including phenoxy) is 1. The Kier molecular flexibility index (Phi) is 5.00. The third-order valence-electron chi connectivity index (χ3n) is 2.21. The maximum Gasteiger partial charge on any atom is 0.302 e. The molecular formula is C12H13F3O2. The topological polar surface area (TPSA) is 26.3 Å². The predicted octanol–water partition coefficient (Wildman–Crippen LogP) is 2.99. The van der Waals surface area contributed by atoms with Crippen molar-refractivity contribution in [2.24, 2.45) is 0 Å². The van der Waals surface area contributed by atoms with Gasteiger partial charge in [-0.15, -0.1) is 0 Å². The average Bonchev–Trinajstić information content (AvgIpc) is 2.25. The Balaban J connectivity index is 2.39. The Hall–Kier alpha value is -1.52. The van der Waals surface area contributed by atoms with E-state index in [1.165, 1.54) is 6.92 Å². The summed E-state index contributed by atoms with van der Waals surface area (Å²) in [5, 5.41) is 0. The number of esters is 1. The lowest BCUT2D eigenvalue weighted by atomic mass is 10.1. The van der Waals surface area contributed by atoms with Crippen LogP contribution >= 0.6 is 0 Å². The van der Waals surface area contributed by atoms with E-state index in [1.807, 2.05) is 0 Å². The lowest BCUT2D eigenvalue weighted by Gasteiger charge is -2.04. The van der Waals surface area contributed by atoms with Crippen LogP contribution in [0.5, 0.6) is 0 Å². The number of hydrogen-bond donors (Lipinski definition) is 0. The van der Waals surface area contributed by atoms with E-state index in [1.54, 1.807) is 0 Å².